The van der Waals surface area contributed by atoms with E-state index in [9.17, 15) is 18.4 Å². The van der Waals surface area contributed by atoms with Gasteiger partial charge in [0.25, 0.3) is 5.91 Å². The van der Waals surface area contributed by atoms with E-state index in [1.807, 2.05) is 0 Å². The highest BCUT2D eigenvalue weighted by atomic mass is 19.3. The Morgan fingerprint density at radius 3 is 2.58 bits per heavy atom. The molecule has 1 atom stereocenters. The largest absolute Gasteiger partial charge is 0.493 e. The Balaban J connectivity index is 2.72. The van der Waals surface area contributed by atoms with E-state index in [1.54, 1.807) is 6.92 Å². The van der Waals surface area contributed by atoms with Crippen LogP contribution in [-0.4, -0.2) is 38.2 Å². The zero-order valence-electron chi connectivity index (χ0n) is 13.5. The minimum atomic E-state index is -2.97. The average molecular weight is 343 g/mol. The van der Waals surface area contributed by atoms with Gasteiger partial charge in [-0.3, -0.25) is 4.79 Å². The molecular weight excluding hydrogens is 324 g/mol. The van der Waals surface area contributed by atoms with E-state index in [-0.39, 0.29) is 11.5 Å². The summed E-state index contributed by atoms with van der Waals surface area (Å²) in [6.07, 6.45) is 1.61. The van der Waals surface area contributed by atoms with E-state index in [0.29, 0.717) is 12.1 Å². The molecule has 1 aromatic carbocycles. The lowest BCUT2D eigenvalue weighted by Gasteiger charge is -2.11. The second kappa shape index (κ2) is 9.49. The maximum Gasteiger partial charge on any atom is 0.387 e. The molecule has 0 spiro atoms. The van der Waals surface area contributed by atoms with Crippen molar-refractivity contribution in [2.24, 2.45) is 0 Å². The number of ether oxygens (including phenoxy) is 3. The van der Waals surface area contributed by atoms with Crippen molar-refractivity contribution in [1.82, 2.24) is 5.32 Å². The van der Waals surface area contributed by atoms with Crippen LogP contribution < -0.4 is 14.8 Å². The van der Waals surface area contributed by atoms with E-state index in [4.69, 9.17) is 9.47 Å². The van der Waals surface area contributed by atoms with Crippen LogP contribution in [0.25, 0.3) is 6.08 Å². The Morgan fingerprint density at radius 1 is 1.29 bits per heavy atom. The minimum absolute atomic E-state index is 0.0986. The molecule has 0 aliphatic rings. The van der Waals surface area contributed by atoms with Gasteiger partial charge >= 0.3 is 12.6 Å². The second-order valence-electron chi connectivity index (χ2n) is 4.60. The molecule has 0 saturated heterocycles. The number of hydrogen-bond donors (Lipinski definition) is 1. The predicted molar refractivity (Wildman–Crippen MR) is 82.9 cm³/mol. The number of methoxy groups -OCH3 is 1. The fourth-order valence-corrected chi connectivity index (χ4v) is 1.73. The third-order valence-electron chi connectivity index (χ3n) is 2.83. The maximum absolute atomic E-state index is 12.2. The highest BCUT2D eigenvalue weighted by Crippen LogP contribution is 2.29. The van der Waals surface area contributed by atoms with Gasteiger partial charge in [0, 0.05) is 12.6 Å². The average Bonchev–Trinajstić information content (AvgIpc) is 2.53. The molecule has 0 aliphatic heterocycles. The molecule has 0 radical (unpaired) electrons. The number of alkyl halides is 2. The van der Waals surface area contributed by atoms with Crippen LogP contribution in [0.3, 0.4) is 0 Å². The van der Waals surface area contributed by atoms with Crippen LogP contribution in [0.15, 0.2) is 24.3 Å². The summed E-state index contributed by atoms with van der Waals surface area (Å²) < 4.78 is 38.7. The fourth-order valence-electron chi connectivity index (χ4n) is 1.73. The SMILES string of the molecule is CCNC(=O)[C@H](C)OC(=O)/C=C/c1ccc(OC(F)F)c(OC)c1. The number of amides is 1. The van der Waals surface area contributed by atoms with Gasteiger partial charge in [0.15, 0.2) is 17.6 Å². The standard InChI is InChI=1S/C16H19F2NO5/c1-4-19-15(21)10(2)23-14(20)8-6-11-5-7-12(24-16(17)18)13(9-11)22-3/h5-10,16H,4H2,1-3H3,(H,19,21)/b8-6+/t10-/m0/s1. The zero-order valence-corrected chi connectivity index (χ0v) is 13.5. The molecule has 0 saturated carbocycles. The van der Waals surface area contributed by atoms with Gasteiger partial charge in [0.2, 0.25) is 0 Å². The number of likely N-dealkylation sites (N-methyl/N-ethyl adjacent to an activating group) is 1. The van der Waals surface area contributed by atoms with Crippen LogP contribution in [-0.2, 0) is 14.3 Å². The monoisotopic (exact) mass is 343 g/mol. The van der Waals surface area contributed by atoms with Crippen molar-refractivity contribution in [1.29, 1.82) is 0 Å². The first-order valence-electron chi connectivity index (χ1n) is 7.16. The number of carbonyl (C=O) groups excluding carboxylic acids is 2. The third kappa shape index (κ3) is 6.23. The van der Waals surface area contributed by atoms with Gasteiger partial charge in [-0.15, -0.1) is 0 Å². The highest BCUT2D eigenvalue weighted by Gasteiger charge is 2.15. The summed E-state index contributed by atoms with van der Waals surface area (Å²) in [7, 11) is 1.31. The van der Waals surface area contributed by atoms with Crippen molar-refractivity contribution in [2.75, 3.05) is 13.7 Å². The summed E-state index contributed by atoms with van der Waals surface area (Å²) in [5.74, 6) is -1.12. The molecule has 0 heterocycles. The molecular formula is C16H19F2NO5. The van der Waals surface area contributed by atoms with E-state index >= 15 is 0 Å². The molecule has 0 fully saturated rings. The molecule has 1 N–H and O–H groups in total. The fraction of sp³-hybridized carbons (Fsp3) is 0.375. The van der Waals surface area contributed by atoms with Gasteiger partial charge in [0.05, 0.1) is 7.11 Å². The van der Waals surface area contributed by atoms with Gasteiger partial charge in [-0.1, -0.05) is 6.07 Å². The molecule has 8 heteroatoms. The maximum atomic E-state index is 12.2. The molecule has 0 unspecified atom stereocenters. The van der Waals surface area contributed by atoms with Crippen LogP contribution in [0.1, 0.15) is 19.4 Å². The third-order valence-corrected chi connectivity index (χ3v) is 2.83. The number of benzene rings is 1. The molecule has 1 rings (SSSR count). The van der Waals surface area contributed by atoms with Crippen LogP contribution in [0.2, 0.25) is 0 Å². The van der Waals surface area contributed by atoms with Crippen LogP contribution in [0.5, 0.6) is 11.5 Å². The van der Waals surface area contributed by atoms with Crippen molar-refractivity contribution < 1.29 is 32.6 Å². The summed E-state index contributed by atoms with van der Waals surface area (Å²) in [6, 6.07) is 4.19. The number of carbonyl (C=O) groups is 2. The number of hydrogen-bond acceptors (Lipinski definition) is 5. The summed E-state index contributed by atoms with van der Waals surface area (Å²) in [5.41, 5.74) is 0.510. The Labute approximate surface area is 138 Å². The summed E-state index contributed by atoms with van der Waals surface area (Å²) in [4.78, 5) is 23.1. The number of nitrogens with one attached hydrogen (secondary N) is 1. The number of esters is 1. The van der Waals surface area contributed by atoms with Crippen LogP contribution in [0.4, 0.5) is 8.78 Å². The Hall–Kier alpha value is -2.64. The molecule has 0 aliphatic carbocycles. The minimum Gasteiger partial charge on any atom is -0.493 e. The van der Waals surface area contributed by atoms with E-state index in [2.05, 4.69) is 10.1 Å². The topological polar surface area (TPSA) is 73.9 Å². The van der Waals surface area contributed by atoms with Gasteiger partial charge < -0.3 is 19.5 Å². The summed E-state index contributed by atoms with van der Waals surface area (Å²) >= 11 is 0. The first kappa shape index (κ1) is 19.4. The molecule has 1 aromatic rings. The normalized spacial score (nSPS) is 12.1. The number of rotatable bonds is 8. The lowest BCUT2D eigenvalue weighted by Crippen LogP contribution is -2.35. The smallest absolute Gasteiger partial charge is 0.387 e. The molecule has 0 bridgehead atoms. The van der Waals surface area contributed by atoms with Crippen LogP contribution >= 0.6 is 0 Å². The van der Waals surface area contributed by atoms with Crippen molar-refractivity contribution in [3.63, 3.8) is 0 Å². The quantitative estimate of drug-likeness (QED) is 0.579. The Morgan fingerprint density at radius 2 is 2.00 bits per heavy atom. The summed E-state index contributed by atoms with van der Waals surface area (Å²) in [6.45, 7) is 0.673. The van der Waals surface area contributed by atoms with Gasteiger partial charge in [-0.25, -0.2) is 4.79 Å². The predicted octanol–water partition coefficient (Wildman–Crippen LogP) is 2.38. The van der Waals surface area contributed by atoms with E-state index in [1.165, 1.54) is 38.3 Å². The van der Waals surface area contributed by atoms with Crippen molar-refractivity contribution in [3.8, 4) is 11.5 Å². The first-order valence-corrected chi connectivity index (χ1v) is 7.16. The molecule has 6 nitrogen and oxygen atoms in total. The second-order valence-corrected chi connectivity index (χ2v) is 4.60. The molecule has 0 aromatic heterocycles. The van der Waals surface area contributed by atoms with Gasteiger partial charge in [-0.2, -0.15) is 8.78 Å². The highest BCUT2D eigenvalue weighted by molar-refractivity contribution is 5.90. The van der Waals surface area contributed by atoms with Crippen molar-refractivity contribution in [3.05, 3.63) is 29.8 Å². The van der Waals surface area contributed by atoms with E-state index in [0.717, 1.165) is 6.08 Å². The first-order chi connectivity index (χ1) is 11.4. The molecule has 132 valence electrons. The van der Waals surface area contributed by atoms with Crippen molar-refractivity contribution >= 4 is 18.0 Å². The lowest BCUT2D eigenvalue weighted by atomic mass is 10.2. The zero-order chi connectivity index (χ0) is 18.1. The Bertz CT molecular complexity index is 604. The van der Waals surface area contributed by atoms with Crippen LogP contribution in [0, 0.1) is 0 Å². The van der Waals surface area contributed by atoms with E-state index < -0.39 is 24.6 Å². The molecule has 24 heavy (non-hydrogen) atoms. The summed E-state index contributed by atoms with van der Waals surface area (Å²) in [5, 5.41) is 2.53. The Kier molecular flexibility index (Phi) is 7.67. The van der Waals surface area contributed by atoms with Crippen molar-refractivity contribution in [2.45, 2.75) is 26.6 Å². The van der Waals surface area contributed by atoms with Gasteiger partial charge in [-0.05, 0) is 37.6 Å². The lowest BCUT2D eigenvalue weighted by molar-refractivity contribution is -0.150. The molecule has 1 amide bonds. The van der Waals surface area contributed by atoms with Gasteiger partial charge in [0.1, 0.15) is 0 Å². The number of halogens is 2.